The van der Waals surface area contributed by atoms with Crippen LogP contribution in [0.2, 0.25) is 5.02 Å². The van der Waals surface area contributed by atoms with E-state index in [9.17, 15) is 9.18 Å². The number of hydrogen-bond donors (Lipinski definition) is 1. The van der Waals surface area contributed by atoms with Gasteiger partial charge in [0.25, 0.3) is 0 Å². The first kappa shape index (κ1) is 19.3. The number of carbonyl (C=O) groups excluding carboxylic acids is 1. The van der Waals surface area contributed by atoms with Gasteiger partial charge in [0.2, 0.25) is 5.91 Å². The second-order valence-electron chi connectivity index (χ2n) is 5.71. The average molecular weight is 402 g/mol. The fraction of sp³-hybridized carbons (Fsp3) is 0.0952. The number of anilines is 1. The van der Waals surface area contributed by atoms with E-state index in [2.05, 4.69) is 5.32 Å². The number of amides is 1. The number of benzene rings is 3. The van der Waals surface area contributed by atoms with E-state index >= 15 is 0 Å². The maximum absolute atomic E-state index is 13.4. The van der Waals surface area contributed by atoms with Gasteiger partial charge in [0.1, 0.15) is 16.8 Å². The van der Waals surface area contributed by atoms with Gasteiger partial charge in [-0.3, -0.25) is 4.79 Å². The van der Waals surface area contributed by atoms with Crippen molar-refractivity contribution < 1.29 is 13.9 Å². The molecule has 3 nitrogen and oxygen atoms in total. The van der Waals surface area contributed by atoms with E-state index in [1.54, 1.807) is 37.4 Å². The number of rotatable bonds is 6. The first-order valence-electron chi connectivity index (χ1n) is 8.18. The van der Waals surface area contributed by atoms with Crippen LogP contribution >= 0.6 is 23.4 Å². The summed E-state index contributed by atoms with van der Waals surface area (Å²) >= 11 is 7.19. The van der Waals surface area contributed by atoms with Crippen molar-refractivity contribution in [1.82, 2.24) is 0 Å². The second kappa shape index (κ2) is 8.93. The molecule has 1 unspecified atom stereocenters. The zero-order valence-corrected chi connectivity index (χ0v) is 16.1. The van der Waals surface area contributed by atoms with Gasteiger partial charge in [0.15, 0.2) is 0 Å². The molecule has 0 heterocycles. The molecule has 0 spiro atoms. The fourth-order valence-electron chi connectivity index (χ4n) is 2.50. The third-order valence-electron chi connectivity index (χ3n) is 3.82. The molecule has 0 aliphatic heterocycles. The van der Waals surface area contributed by atoms with Crippen molar-refractivity contribution in [3.63, 3.8) is 0 Å². The normalized spacial score (nSPS) is 11.7. The molecular formula is C21H17ClFNO2S. The van der Waals surface area contributed by atoms with E-state index in [-0.39, 0.29) is 10.9 Å². The summed E-state index contributed by atoms with van der Waals surface area (Å²) < 4.78 is 18.6. The van der Waals surface area contributed by atoms with E-state index in [1.165, 1.54) is 23.9 Å². The van der Waals surface area contributed by atoms with Crippen molar-refractivity contribution in [2.24, 2.45) is 0 Å². The molecule has 0 bridgehead atoms. The number of carbonyl (C=O) groups is 1. The molecule has 0 aliphatic carbocycles. The Bertz CT molecular complexity index is 936. The molecule has 3 aromatic rings. The van der Waals surface area contributed by atoms with Crippen LogP contribution in [0.3, 0.4) is 0 Å². The lowest BCUT2D eigenvalue weighted by Crippen LogP contribution is -2.19. The molecule has 0 fully saturated rings. The minimum absolute atomic E-state index is 0.0278. The third kappa shape index (κ3) is 5.02. The molecule has 1 amide bonds. The lowest BCUT2D eigenvalue weighted by molar-refractivity contribution is -0.115. The zero-order valence-electron chi connectivity index (χ0n) is 14.5. The number of nitrogens with one attached hydrogen (secondary N) is 1. The van der Waals surface area contributed by atoms with Crippen LogP contribution in [0.25, 0.3) is 0 Å². The van der Waals surface area contributed by atoms with Gasteiger partial charge in [-0.2, -0.15) is 0 Å². The highest BCUT2D eigenvalue weighted by atomic mass is 35.5. The van der Waals surface area contributed by atoms with Crippen LogP contribution in [0.4, 0.5) is 10.1 Å². The van der Waals surface area contributed by atoms with Gasteiger partial charge in [-0.15, -0.1) is 11.8 Å². The topological polar surface area (TPSA) is 38.3 Å². The minimum atomic E-state index is -0.529. The van der Waals surface area contributed by atoms with Gasteiger partial charge in [-0.1, -0.05) is 48.0 Å². The first-order chi connectivity index (χ1) is 13.1. The molecule has 0 saturated heterocycles. The summed E-state index contributed by atoms with van der Waals surface area (Å²) in [5.41, 5.74) is 1.47. The van der Waals surface area contributed by atoms with Crippen molar-refractivity contribution in [2.45, 2.75) is 10.1 Å². The molecule has 0 aliphatic rings. The standard InChI is InChI=1S/C21H17ClFNO2S/c1-26-16-9-5-8-15(12-16)24-21(25)20(14-6-3-2-4-7-14)27-17-10-11-19(23)18(22)13-17/h2-13,20H,1H3,(H,24,25). The molecule has 6 heteroatoms. The number of thioether (sulfide) groups is 1. The Balaban J connectivity index is 1.87. The van der Waals surface area contributed by atoms with Gasteiger partial charge < -0.3 is 10.1 Å². The maximum atomic E-state index is 13.4. The lowest BCUT2D eigenvalue weighted by atomic mass is 10.1. The largest absolute Gasteiger partial charge is 0.497 e. The van der Waals surface area contributed by atoms with Crippen LogP contribution in [-0.4, -0.2) is 13.0 Å². The van der Waals surface area contributed by atoms with E-state index in [1.807, 2.05) is 30.3 Å². The number of halogens is 2. The number of methoxy groups -OCH3 is 1. The van der Waals surface area contributed by atoms with Gasteiger partial charge in [0.05, 0.1) is 12.1 Å². The Morgan fingerprint density at radius 2 is 1.85 bits per heavy atom. The first-order valence-corrected chi connectivity index (χ1v) is 9.44. The van der Waals surface area contributed by atoms with E-state index in [0.717, 1.165) is 5.56 Å². The SMILES string of the molecule is COc1cccc(NC(=O)C(Sc2ccc(F)c(Cl)c2)c2ccccc2)c1. The van der Waals surface area contributed by atoms with Crippen molar-refractivity contribution >= 4 is 35.0 Å². The van der Waals surface area contributed by atoms with E-state index in [0.29, 0.717) is 16.3 Å². The second-order valence-corrected chi connectivity index (χ2v) is 7.29. The van der Waals surface area contributed by atoms with Crippen LogP contribution in [0.15, 0.2) is 77.7 Å². The van der Waals surface area contributed by atoms with Crippen LogP contribution < -0.4 is 10.1 Å². The molecule has 3 aromatic carbocycles. The summed E-state index contributed by atoms with van der Waals surface area (Å²) in [6.45, 7) is 0. The van der Waals surface area contributed by atoms with Gasteiger partial charge in [-0.05, 0) is 35.9 Å². The van der Waals surface area contributed by atoms with Crippen LogP contribution in [0, 0.1) is 5.82 Å². The van der Waals surface area contributed by atoms with Gasteiger partial charge >= 0.3 is 0 Å². The predicted octanol–water partition coefficient (Wildman–Crippen LogP) is 5.96. The molecule has 0 saturated carbocycles. The van der Waals surface area contributed by atoms with E-state index in [4.69, 9.17) is 16.3 Å². The Hall–Kier alpha value is -2.50. The Morgan fingerprint density at radius 3 is 2.56 bits per heavy atom. The highest BCUT2D eigenvalue weighted by Crippen LogP contribution is 2.37. The average Bonchev–Trinajstić information content (AvgIpc) is 2.69. The Labute approximate surface area is 166 Å². The summed E-state index contributed by atoms with van der Waals surface area (Å²) in [6.07, 6.45) is 0. The minimum Gasteiger partial charge on any atom is -0.497 e. The Kier molecular flexibility index (Phi) is 6.37. The van der Waals surface area contributed by atoms with Crippen molar-refractivity contribution in [3.05, 3.63) is 89.2 Å². The monoisotopic (exact) mass is 401 g/mol. The Morgan fingerprint density at radius 1 is 1.07 bits per heavy atom. The highest BCUT2D eigenvalue weighted by molar-refractivity contribution is 8.00. The molecule has 27 heavy (non-hydrogen) atoms. The molecular weight excluding hydrogens is 385 g/mol. The molecule has 1 atom stereocenters. The van der Waals surface area contributed by atoms with Crippen molar-refractivity contribution in [1.29, 1.82) is 0 Å². The summed E-state index contributed by atoms with van der Waals surface area (Å²) in [6, 6.07) is 21.0. The van der Waals surface area contributed by atoms with Gasteiger partial charge in [0, 0.05) is 16.6 Å². The van der Waals surface area contributed by atoms with Crippen LogP contribution in [0.5, 0.6) is 5.75 Å². The molecule has 1 N–H and O–H groups in total. The van der Waals surface area contributed by atoms with E-state index < -0.39 is 11.1 Å². The van der Waals surface area contributed by atoms with Crippen molar-refractivity contribution in [2.75, 3.05) is 12.4 Å². The summed E-state index contributed by atoms with van der Waals surface area (Å²) in [5, 5.41) is 2.41. The van der Waals surface area contributed by atoms with Crippen LogP contribution in [-0.2, 0) is 4.79 Å². The lowest BCUT2D eigenvalue weighted by Gasteiger charge is -2.17. The van der Waals surface area contributed by atoms with Crippen molar-refractivity contribution in [3.8, 4) is 5.75 Å². The molecule has 0 aromatic heterocycles. The fourth-order valence-corrected chi connectivity index (χ4v) is 3.80. The third-order valence-corrected chi connectivity index (χ3v) is 5.36. The summed E-state index contributed by atoms with van der Waals surface area (Å²) in [4.78, 5) is 13.7. The maximum Gasteiger partial charge on any atom is 0.242 e. The summed E-state index contributed by atoms with van der Waals surface area (Å²) in [5.74, 6) is -0.0277. The zero-order chi connectivity index (χ0) is 19.2. The molecule has 0 radical (unpaired) electrons. The predicted molar refractivity (Wildman–Crippen MR) is 108 cm³/mol. The number of ether oxygens (including phenoxy) is 1. The number of hydrogen-bond acceptors (Lipinski definition) is 3. The van der Waals surface area contributed by atoms with Gasteiger partial charge in [-0.25, -0.2) is 4.39 Å². The smallest absolute Gasteiger partial charge is 0.242 e. The van der Waals surface area contributed by atoms with Crippen LogP contribution in [0.1, 0.15) is 10.8 Å². The summed E-state index contributed by atoms with van der Waals surface area (Å²) in [7, 11) is 1.57. The highest BCUT2D eigenvalue weighted by Gasteiger charge is 2.22. The molecule has 3 rings (SSSR count). The molecule has 138 valence electrons. The quantitative estimate of drug-likeness (QED) is 0.518.